The normalized spacial score (nSPS) is 10.3. The maximum absolute atomic E-state index is 12.1. The Morgan fingerprint density at radius 3 is 2.45 bits per heavy atom. The number of methoxy groups -OCH3 is 2. The zero-order valence-corrected chi connectivity index (χ0v) is 12.9. The number of aryl methyl sites for hydroxylation is 1. The van der Waals surface area contributed by atoms with E-state index in [1.165, 1.54) is 0 Å². The molecular formula is C15H22ClNO3. The van der Waals surface area contributed by atoms with Gasteiger partial charge >= 0.3 is 0 Å². The van der Waals surface area contributed by atoms with Crippen molar-refractivity contribution in [2.45, 2.75) is 12.8 Å². The lowest BCUT2D eigenvalue weighted by Crippen LogP contribution is -2.35. The molecule has 0 unspecified atom stereocenters. The van der Waals surface area contributed by atoms with Crippen molar-refractivity contribution in [2.75, 3.05) is 39.8 Å². The maximum atomic E-state index is 12.1. The predicted molar refractivity (Wildman–Crippen MR) is 80.5 cm³/mol. The smallest absolute Gasteiger partial charge is 0.223 e. The first kappa shape index (κ1) is 16.8. The van der Waals surface area contributed by atoms with E-state index in [4.69, 9.17) is 21.1 Å². The Labute approximate surface area is 125 Å². The summed E-state index contributed by atoms with van der Waals surface area (Å²) in [6.45, 7) is 1.68. The Balaban J connectivity index is 2.46. The largest absolute Gasteiger partial charge is 0.497 e. The number of hydrogen-bond acceptors (Lipinski definition) is 3. The SMILES string of the molecule is COCCN(CCCl)C(=O)CCc1ccc(OC)cc1. The third kappa shape index (κ3) is 5.80. The summed E-state index contributed by atoms with van der Waals surface area (Å²) in [4.78, 5) is 13.9. The van der Waals surface area contributed by atoms with E-state index in [0.29, 0.717) is 38.4 Å². The second kappa shape index (κ2) is 9.61. The fraction of sp³-hybridized carbons (Fsp3) is 0.533. The zero-order valence-electron chi connectivity index (χ0n) is 12.1. The average Bonchev–Trinajstić information content (AvgIpc) is 2.49. The minimum absolute atomic E-state index is 0.110. The number of rotatable bonds is 9. The zero-order chi connectivity index (χ0) is 14.8. The van der Waals surface area contributed by atoms with Crippen LogP contribution < -0.4 is 4.74 Å². The van der Waals surface area contributed by atoms with E-state index in [-0.39, 0.29) is 5.91 Å². The second-order valence-corrected chi connectivity index (χ2v) is 4.79. The Kier molecular flexibility index (Phi) is 8.07. The molecule has 1 rings (SSSR count). The lowest BCUT2D eigenvalue weighted by atomic mass is 10.1. The Hall–Kier alpha value is -1.26. The molecule has 0 aliphatic rings. The van der Waals surface area contributed by atoms with Gasteiger partial charge < -0.3 is 14.4 Å². The summed E-state index contributed by atoms with van der Waals surface area (Å²) in [5.41, 5.74) is 1.12. The van der Waals surface area contributed by atoms with Crippen molar-refractivity contribution in [2.24, 2.45) is 0 Å². The average molecular weight is 300 g/mol. The summed E-state index contributed by atoms with van der Waals surface area (Å²) in [6.07, 6.45) is 1.20. The minimum atomic E-state index is 0.110. The fourth-order valence-electron chi connectivity index (χ4n) is 1.87. The van der Waals surface area contributed by atoms with Gasteiger partial charge in [-0.15, -0.1) is 11.6 Å². The van der Waals surface area contributed by atoms with Crippen molar-refractivity contribution < 1.29 is 14.3 Å². The molecule has 0 saturated carbocycles. The molecule has 4 nitrogen and oxygen atoms in total. The summed E-state index contributed by atoms with van der Waals surface area (Å²) in [7, 11) is 3.26. The second-order valence-electron chi connectivity index (χ2n) is 4.41. The maximum Gasteiger partial charge on any atom is 0.223 e. The van der Waals surface area contributed by atoms with Crippen LogP contribution in [-0.4, -0.2) is 50.6 Å². The highest BCUT2D eigenvalue weighted by Crippen LogP contribution is 2.13. The van der Waals surface area contributed by atoms with E-state index < -0.39 is 0 Å². The van der Waals surface area contributed by atoms with E-state index in [2.05, 4.69) is 0 Å². The van der Waals surface area contributed by atoms with E-state index in [1.54, 1.807) is 19.1 Å². The fourth-order valence-corrected chi connectivity index (χ4v) is 2.07. The Morgan fingerprint density at radius 1 is 1.20 bits per heavy atom. The van der Waals surface area contributed by atoms with Crippen LogP contribution in [0.1, 0.15) is 12.0 Å². The number of amides is 1. The van der Waals surface area contributed by atoms with Gasteiger partial charge in [-0.1, -0.05) is 12.1 Å². The van der Waals surface area contributed by atoms with Gasteiger partial charge in [-0.2, -0.15) is 0 Å². The number of alkyl halides is 1. The molecule has 1 amide bonds. The number of carbonyl (C=O) groups is 1. The highest BCUT2D eigenvalue weighted by atomic mass is 35.5. The monoisotopic (exact) mass is 299 g/mol. The summed E-state index contributed by atoms with van der Waals surface area (Å²) in [5, 5.41) is 0. The first-order valence-corrected chi connectivity index (χ1v) is 7.20. The highest BCUT2D eigenvalue weighted by Gasteiger charge is 2.12. The van der Waals surface area contributed by atoms with Crippen LogP contribution >= 0.6 is 11.6 Å². The molecule has 0 heterocycles. The van der Waals surface area contributed by atoms with E-state index in [1.807, 2.05) is 24.3 Å². The number of nitrogens with zero attached hydrogens (tertiary/aromatic N) is 1. The van der Waals surface area contributed by atoms with Gasteiger partial charge in [0.25, 0.3) is 0 Å². The van der Waals surface area contributed by atoms with Gasteiger partial charge in [-0.3, -0.25) is 4.79 Å². The van der Waals surface area contributed by atoms with Crippen LogP contribution in [0.5, 0.6) is 5.75 Å². The molecule has 5 heteroatoms. The van der Waals surface area contributed by atoms with Crippen LogP contribution in [0, 0.1) is 0 Å². The van der Waals surface area contributed by atoms with Crippen molar-refractivity contribution in [1.82, 2.24) is 4.90 Å². The quantitative estimate of drug-likeness (QED) is 0.657. The molecule has 0 aliphatic carbocycles. The summed E-state index contributed by atoms with van der Waals surface area (Å²) < 4.78 is 10.1. The molecular weight excluding hydrogens is 278 g/mol. The van der Waals surface area contributed by atoms with Gasteiger partial charge in [0.05, 0.1) is 13.7 Å². The van der Waals surface area contributed by atoms with Crippen LogP contribution in [-0.2, 0) is 16.0 Å². The number of hydrogen-bond donors (Lipinski definition) is 0. The molecule has 1 aromatic rings. The number of ether oxygens (including phenoxy) is 2. The highest BCUT2D eigenvalue weighted by molar-refractivity contribution is 6.18. The van der Waals surface area contributed by atoms with Gasteiger partial charge in [0.2, 0.25) is 5.91 Å². The molecule has 0 spiro atoms. The summed E-state index contributed by atoms with van der Waals surface area (Å²) in [6, 6.07) is 7.77. The summed E-state index contributed by atoms with van der Waals surface area (Å²) >= 11 is 5.72. The van der Waals surface area contributed by atoms with Crippen molar-refractivity contribution in [3.8, 4) is 5.75 Å². The van der Waals surface area contributed by atoms with Crippen LogP contribution in [0.25, 0.3) is 0 Å². The first-order chi connectivity index (χ1) is 9.71. The molecule has 1 aromatic carbocycles. The van der Waals surface area contributed by atoms with Crippen LogP contribution in [0.15, 0.2) is 24.3 Å². The van der Waals surface area contributed by atoms with Crippen molar-refractivity contribution in [3.63, 3.8) is 0 Å². The first-order valence-electron chi connectivity index (χ1n) is 6.67. The summed E-state index contributed by atoms with van der Waals surface area (Å²) in [5.74, 6) is 1.38. The number of halogens is 1. The van der Waals surface area contributed by atoms with Crippen molar-refractivity contribution in [1.29, 1.82) is 0 Å². The minimum Gasteiger partial charge on any atom is -0.497 e. The molecule has 0 saturated heterocycles. The third-order valence-electron chi connectivity index (χ3n) is 3.06. The lowest BCUT2D eigenvalue weighted by molar-refractivity contribution is -0.131. The van der Waals surface area contributed by atoms with Gasteiger partial charge in [-0.05, 0) is 24.1 Å². The van der Waals surface area contributed by atoms with Gasteiger partial charge in [-0.25, -0.2) is 0 Å². The Bertz CT molecular complexity index is 395. The van der Waals surface area contributed by atoms with Gasteiger partial charge in [0.15, 0.2) is 0 Å². The molecule has 0 bridgehead atoms. The molecule has 0 N–H and O–H groups in total. The molecule has 0 radical (unpaired) electrons. The van der Waals surface area contributed by atoms with Gasteiger partial charge in [0, 0.05) is 32.5 Å². The lowest BCUT2D eigenvalue weighted by Gasteiger charge is -2.21. The Morgan fingerprint density at radius 2 is 1.90 bits per heavy atom. The van der Waals surface area contributed by atoms with E-state index >= 15 is 0 Å². The molecule has 112 valence electrons. The van der Waals surface area contributed by atoms with E-state index in [0.717, 1.165) is 11.3 Å². The van der Waals surface area contributed by atoms with Crippen LogP contribution in [0.3, 0.4) is 0 Å². The topological polar surface area (TPSA) is 38.8 Å². The molecule has 0 aromatic heterocycles. The van der Waals surface area contributed by atoms with Crippen LogP contribution in [0.2, 0.25) is 0 Å². The van der Waals surface area contributed by atoms with Crippen molar-refractivity contribution >= 4 is 17.5 Å². The standard InChI is InChI=1S/C15H22ClNO3/c1-19-12-11-17(10-9-16)15(18)8-5-13-3-6-14(20-2)7-4-13/h3-4,6-7H,5,8-12H2,1-2H3. The molecule has 0 aliphatic heterocycles. The van der Waals surface area contributed by atoms with Crippen molar-refractivity contribution in [3.05, 3.63) is 29.8 Å². The van der Waals surface area contributed by atoms with Gasteiger partial charge in [0.1, 0.15) is 5.75 Å². The van der Waals surface area contributed by atoms with Crippen LogP contribution in [0.4, 0.5) is 0 Å². The molecule has 0 atom stereocenters. The third-order valence-corrected chi connectivity index (χ3v) is 3.23. The predicted octanol–water partition coefficient (Wildman–Crippen LogP) is 2.34. The number of benzene rings is 1. The number of carbonyl (C=O) groups excluding carboxylic acids is 1. The molecule has 20 heavy (non-hydrogen) atoms. The molecule has 0 fully saturated rings. The van der Waals surface area contributed by atoms with E-state index in [9.17, 15) is 4.79 Å².